The topological polar surface area (TPSA) is 26.0 Å². The van der Waals surface area contributed by atoms with Crippen LogP contribution in [-0.2, 0) is 6.42 Å². The van der Waals surface area contributed by atoms with Crippen molar-refractivity contribution in [2.75, 3.05) is 0 Å². The molecule has 1 saturated carbocycles. The summed E-state index contributed by atoms with van der Waals surface area (Å²) in [5.74, 6) is 1.60. The number of oxazole rings is 1. The third-order valence-corrected chi connectivity index (χ3v) is 2.77. The van der Waals surface area contributed by atoms with Crippen molar-refractivity contribution in [2.45, 2.75) is 19.3 Å². The first-order chi connectivity index (χ1) is 7.42. The van der Waals surface area contributed by atoms with Crippen LogP contribution < -0.4 is 0 Å². The monoisotopic (exact) mass is 199 g/mol. The van der Waals surface area contributed by atoms with Crippen LogP contribution in [0.25, 0.3) is 11.5 Å². The predicted octanol–water partition coefficient (Wildman–Crippen LogP) is 3.29. The molecule has 0 aliphatic heterocycles. The Hall–Kier alpha value is -1.57. The standard InChI is InChI=1S/C13H13NO/c1-2-4-11(5-3-1)13-14-12(9-15-13)8-10-6-7-10/h1-5,9-10H,6-8H2. The van der Waals surface area contributed by atoms with Crippen LogP contribution >= 0.6 is 0 Å². The van der Waals surface area contributed by atoms with Crippen LogP contribution in [0.15, 0.2) is 41.0 Å². The molecule has 0 atom stereocenters. The maximum absolute atomic E-state index is 5.47. The van der Waals surface area contributed by atoms with Crippen LogP contribution in [0, 0.1) is 5.92 Å². The fourth-order valence-corrected chi connectivity index (χ4v) is 1.73. The number of benzene rings is 1. The van der Waals surface area contributed by atoms with Gasteiger partial charge < -0.3 is 4.42 Å². The highest BCUT2D eigenvalue weighted by Gasteiger charge is 2.23. The highest BCUT2D eigenvalue weighted by molar-refractivity contribution is 5.52. The fraction of sp³-hybridized carbons (Fsp3) is 0.308. The summed E-state index contributed by atoms with van der Waals surface area (Å²) in [4.78, 5) is 4.49. The van der Waals surface area contributed by atoms with Crippen molar-refractivity contribution >= 4 is 0 Å². The highest BCUT2D eigenvalue weighted by atomic mass is 16.3. The lowest BCUT2D eigenvalue weighted by Crippen LogP contribution is -1.86. The minimum atomic E-state index is 0.742. The Kier molecular flexibility index (Phi) is 2.05. The lowest BCUT2D eigenvalue weighted by atomic mass is 10.2. The Labute approximate surface area is 89.0 Å². The van der Waals surface area contributed by atoms with Crippen molar-refractivity contribution in [1.82, 2.24) is 4.98 Å². The molecular formula is C13H13NO. The van der Waals surface area contributed by atoms with Gasteiger partial charge in [0, 0.05) is 5.56 Å². The molecule has 1 aromatic heterocycles. The van der Waals surface area contributed by atoms with Gasteiger partial charge in [-0.3, -0.25) is 0 Å². The first-order valence-corrected chi connectivity index (χ1v) is 5.41. The van der Waals surface area contributed by atoms with Crippen molar-refractivity contribution in [2.24, 2.45) is 5.92 Å². The summed E-state index contributed by atoms with van der Waals surface area (Å²) in [5.41, 5.74) is 2.15. The Morgan fingerprint density at radius 1 is 1.20 bits per heavy atom. The number of hydrogen-bond donors (Lipinski definition) is 0. The van der Waals surface area contributed by atoms with Crippen molar-refractivity contribution < 1.29 is 4.42 Å². The molecule has 0 amide bonds. The normalized spacial score (nSPS) is 15.5. The van der Waals surface area contributed by atoms with E-state index in [-0.39, 0.29) is 0 Å². The van der Waals surface area contributed by atoms with Crippen LogP contribution in [0.3, 0.4) is 0 Å². The van der Waals surface area contributed by atoms with Crippen LogP contribution in [0.4, 0.5) is 0 Å². The molecule has 1 fully saturated rings. The SMILES string of the molecule is c1ccc(-c2nc(CC3CC3)co2)cc1. The molecule has 76 valence electrons. The summed E-state index contributed by atoms with van der Waals surface area (Å²) >= 11 is 0. The number of rotatable bonds is 3. The largest absolute Gasteiger partial charge is 0.444 e. The van der Waals surface area contributed by atoms with E-state index in [4.69, 9.17) is 4.42 Å². The molecule has 2 heteroatoms. The maximum Gasteiger partial charge on any atom is 0.226 e. The number of aromatic nitrogens is 1. The van der Waals surface area contributed by atoms with Gasteiger partial charge in [0.15, 0.2) is 0 Å². The zero-order valence-electron chi connectivity index (χ0n) is 8.52. The summed E-state index contributed by atoms with van der Waals surface area (Å²) in [5, 5.41) is 0. The molecule has 0 saturated heterocycles. The van der Waals surface area contributed by atoms with Gasteiger partial charge in [0.2, 0.25) is 5.89 Å². The second kappa shape index (κ2) is 3.54. The minimum absolute atomic E-state index is 0.742. The van der Waals surface area contributed by atoms with Gasteiger partial charge in [-0.25, -0.2) is 4.98 Å². The third-order valence-electron chi connectivity index (χ3n) is 2.77. The molecule has 2 aromatic rings. The lowest BCUT2D eigenvalue weighted by molar-refractivity contribution is 0.571. The molecule has 1 aliphatic carbocycles. The molecule has 1 aliphatic rings. The average molecular weight is 199 g/mol. The van der Waals surface area contributed by atoms with E-state index >= 15 is 0 Å². The average Bonchev–Trinajstić information content (AvgIpc) is 2.96. The minimum Gasteiger partial charge on any atom is -0.444 e. The summed E-state index contributed by atoms with van der Waals surface area (Å²) in [6.45, 7) is 0. The molecule has 0 bridgehead atoms. The molecular weight excluding hydrogens is 186 g/mol. The van der Waals surface area contributed by atoms with Gasteiger partial charge in [0.1, 0.15) is 6.26 Å². The van der Waals surface area contributed by atoms with Crippen LogP contribution in [0.1, 0.15) is 18.5 Å². The fourth-order valence-electron chi connectivity index (χ4n) is 1.73. The van der Waals surface area contributed by atoms with Gasteiger partial charge in [0.25, 0.3) is 0 Å². The summed E-state index contributed by atoms with van der Waals surface area (Å²) in [7, 11) is 0. The summed E-state index contributed by atoms with van der Waals surface area (Å²) in [6.07, 6.45) is 5.58. The molecule has 15 heavy (non-hydrogen) atoms. The van der Waals surface area contributed by atoms with E-state index in [0.29, 0.717) is 0 Å². The van der Waals surface area contributed by atoms with E-state index in [2.05, 4.69) is 4.98 Å². The first-order valence-electron chi connectivity index (χ1n) is 5.41. The molecule has 0 radical (unpaired) electrons. The predicted molar refractivity (Wildman–Crippen MR) is 58.4 cm³/mol. The summed E-state index contributed by atoms with van der Waals surface area (Å²) < 4.78 is 5.47. The van der Waals surface area contributed by atoms with E-state index in [9.17, 15) is 0 Å². The van der Waals surface area contributed by atoms with E-state index in [1.165, 1.54) is 12.8 Å². The zero-order chi connectivity index (χ0) is 10.1. The van der Waals surface area contributed by atoms with Gasteiger partial charge in [-0.2, -0.15) is 0 Å². The van der Waals surface area contributed by atoms with Gasteiger partial charge in [0.05, 0.1) is 5.69 Å². The second-order valence-electron chi connectivity index (χ2n) is 4.16. The second-order valence-corrected chi connectivity index (χ2v) is 4.16. The third kappa shape index (κ3) is 1.94. The van der Waals surface area contributed by atoms with Crippen LogP contribution in [0.5, 0.6) is 0 Å². The summed E-state index contributed by atoms with van der Waals surface area (Å²) in [6, 6.07) is 10.0. The Balaban J connectivity index is 1.83. The Morgan fingerprint density at radius 3 is 2.73 bits per heavy atom. The van der Waals surface area contributed by atoms with E-state index < -0.39 is 0 Å². The zero-order valence-corrected chi connectivity index (χ0v) is 8.52. The van der Waals surface area contributed by atoms with Crippen molar-refractivity contribution in [1.29, 1.82) is 0 Å². The molecule has 2 nitrogen and oxygen atoms in total. The Morgan fingerprint density at radius 2 is 2.00 bits per heavy atom. The molecule has 0 spiro atoms. The number of hydrogen-bond acceptors (Lipinski definition) is 2. The van der Waals surface area contributed by atoms with Crippen LogP contribution in [0.2, 0.25) is 0 Å². The maximum atomic E-state index is 5.47. The van der Waals surface area contributed by atoms with Crippen molar-refractivity contribution in [3.05, 3.63) is 42.3 Å². The van der Waals surface area contributed by atoms with E-state index in [0.717, 1.165) is 29.5 Å². The number of nitrogens with zero attached hydrogens (tertiary/aromatic N) is 1. The van der Waals surface area contributed by atoms with Gasteiger partial charge in [-0.15, -0.1) is 0 Å². The Bertz CT molecular complexity index is 443. The smallest absolute Gasteiger partial charge is 0.226 e. The van der Waals surface area contributed by atoms with E-state index in [1.807, 2.05) is 30.3 Å². The lowest BCUT2D eigenvalue weighted by Gasteiger charge is -1.92. The van der Waals surface area contributed by atoms with E-state index in [1.54, 1.807) is 6.26 Å². The molecule has 3 rings (SSSR count). The molecule has 1 heterocycles. The first kappa shape index (κ1) is 8.72. The van der Waals surface area contributed by atoms with Gasteiger partial charge in [-0.05, 0) is 37.3 Å². The molecule has 0 N–H and O–H groups in total. The molecule has 0 unspecified atom stereocenters. The highest BCUT2D eigenvalue weighted by Crippen LogP contribution is 2.32. The van der Waals surface area contributed by atoms with Gasteiger partial charge in [-0.1, -0.05) is 18.2 Å². The van der Waals surface area contributed by atoms with Crippen molar-refractivity contribution in [3.8, 4) is 11.5 Å². The van der Waals surface area contributed by atoms with Gasteiger partial charge >= 0.3 is 0 Å². The van der Waals surface area contributed by atoms with Crippen molar-refractivity contribution in [3.63, 3.8) is 0 Å². The van der Waals surface area contributed by atoms with Crippen LogP contribution in [-0.4, -0.2) is 4.98 Å². The quantitative estimate of drug-likeness (QED) is 0.758. The molecule has 1 aromatic carbocycles.